The van der Waals surface area contributed by atoms with Crippen molar-refractivity contribution in [3.63, 3.8) is 0 Å². The van der Waals surface area contributed by atoms with E-state index >= 15 is 0 Å². The molecule has 0 saturated heterocycles. The number of fused-ring (bicyclic) bond motifs is 3. The Hall–Kier alpha value is -3.55. The Morgan fingerprint density at radius 2 is 1.96 bits per heavy atom. The summed E-state index contributed by atoms with van der Waals surface area (Å²) in [5, 5.41) is 4.39. The van der Waals surface area contributed by atoms with Gasteiger partial charge in [0.15, 0.2) is 0 Å². The second kappa shape index (κ2) is 6.40. The zero-order valence-corrected chi connectivity index (χ0v) is 14.3. The lowest BCUT2D eigenvalue weighted by Gasteiger charge is -2.14. The lowest BCUT2D eigenvalue weighted by Crippen LogP contribution is -2.27. The van der Waals surface area contributed by atoms with E-state index in [1.807, 2.05) is 42.5 Å². The number of rotatable bonds is 4. The van der Waals surface area contributed by atoms with Gasteiger partial charge in [-0.1, -0.05) is 18.2 Å². The maximum absolute atomic E-state index is 12.8. The Labute approximate surface area is 149 Å². The van der Waals surface area contributed by atoms with Gasteiger partial charge in [-0.3, -0.25) is 9.78 Å². The topological polar surface area (TPSA) is 85.5 Å². The quantitative estimate of drug-likeness (QED) is 0.560. The normalized spacial score (nSPS) is 11.0. The third-order valence-electron chi connectivity index (χ3n) is 3.99. The van der Waals surface area contributed by atoms with E-state index in [2.05, 4.69) is 20.1 Å². The molecular formula is C18H16N6O2. The number of ether oxygens (including phenoxy) is 1. The van der Waals surface area contributed by atoms with Crippen molar-refractivity contribution in [2.45, 2.75) is 6.54 Å². The maximum Gasteiger partial charge on any atom is 0.293 e. The highest BCUT2D eigenvalue weighted by Gasteiger charge is 2.21. The van der Waals surface area contributed by atoms with Gasteiger partial charge >= 0.3 is 0 Å². The molecule has 4 aromatic rings. The first-order chi connectivity index (χ1) is 12.7. The standard InChI is InChI=1S/C18H16N6O2/c1-23(11-12-7-5-6-10-19-12)18(25)15-21-16-17(26-2)20-13-8-3-4-9-14(13)24(16)22-15/h3-10H,11H2,1-2H3. The van der Waals surface area contributed by atoms with Crippen molar-refractivity contribution in [1.82, 2.24) is 29.5 Å². The van der Waals surface area contributed by atoms with Crippen molar-refractivity contribution in [2.75, 3.05) is 14.2 Å². The highest BCUT2D eigenvalue weighted by Crippen LogP contribution is 2.22. The van der Waals surface area contributed by atoms with Crippen LogP contribution in [0.15, 0.2) is 48.7 Å². The average molecular weight is 348 g/mol. The SMILES string of the molecule is COc1nc2ccccc2n2nc(C(=O)N(C)Cc3ccccn3)nc12. The molecule has 0 atom stereocenters. The third kappa shape index (κ3) is 2.71. The van der Waals surface area contributed by atoms with Gasteiger partial charge in [-0.2, -0.15) is 4.98 Å². The fourth-order valence-electron chi connectivity index (χ4n) is 2.72. The second-order valence-electron chi connectivity index (χ2n) is 5.76. The summed E-state index contributed by atoms with van der Waals surface area (Å²) in [5.74, 6) is 0.105. The molecule has 8 nitrogen and oxygen atoms in total. The molecule has 0 bridgehead atoms. The molecule has 0 radical (unpaired) electrons. The molecule has 0 fully saturated rings. The number of carbonyl (C=O) groups is 1. The predicted octanol–water partition coefficient (Wildman–Crippen LogP) is 1.95. The molecule has 130 valence electrons. The van der Waals surface area contributed by atoms with E-state index in [0.29, 0.717) is 23.6 Å². The predicted molar refractivity (Wildman–Crippen MR) is 94.9 cm³/mol. The van der Waals surface area contributed by atoms with Gasteiger partial charge in [0.25, 0.3) is 11.8 Å². The number of carbonyl (C=O) groups excluding carboxylic acids is 1. The van der Waals surface area contributed by atoms with Crippen LogP contribution < -0.4 is 4.74 Å². The molecule has 3 heterocycles. The minimum atomic E-state index is -0.300. The van der Waals surface area contributed by atoms with Gasteiger partial charge in [0.2, 0.25) is 11.5 Å². The van der Waals surface area contributed by atoms with Crippen LogP contribution in [0.25, 0.3) is 16.7 Å². The zero-order valence-electron chi connectivity index (χ0n) is 14.3. The first kappa shape index (κ1) is 15.9. The maximum atomic E-state index is 12.8. The number of hydrogen-bond donors (Lipinski definition) is 0. The van der Waals surface area contributed by atoms with E-state index in [1.165, 1.54) is 12.0 Å². The summed E-state index contributed by atoms with van der Waals surface area (Å²) < 4.78 is 6.90. The number of aromatic nitrogens is 5. The molecule has 1 amide bonds. The van der Waals surface area contributed by atoms with Crippen molar-refractivity contribution in [1.29, 1.82) is 0 Å². The number of methoxy groups -OCH3 is 1. The molecule has 26 heavy (non-hydrogen) atoms. The lowest BCUT2D eigenvalue weighted by molar-refractivity contribution is 0.0771. The first-order valence-electron chi connectivity index (χ1n) is 8.02. The Morgan fingerprint density at radius 1 is 1.15 bits per heavy atom. The molecule has 0 saturated carbocycles. The van der Waals surface area contributed by atoms with Crippen LogP contribution in [-0.4, -0.2) is 49.5 Å². The van der Waals surface area contributed by atoms with E-state index in [1.54, 1.807) is 17.8 Å². The largest absolute Gasteiger partial charge is 0.478 e. The van der Waals surface area contributed by atoms with Crippen LogP contribution in [0, 0.1) is 0 Å². The molecule has 0 aliphatic carbocycles. The third-order valence-corrected chi connectivity index (χ3v) is 3.99. The number of nitrogens with zero attached hydrogens (tertiary/aromatic N) is 6. The molecule has 0 aliphatic heterocycles. The summed E-state index contributed by atoms with van der Waals surface area (Å²) in [5.41, 5.74) is 2.66. The van der Waals surface area contributed by atoms with Gasteiger partial charge < -0.3 is 9.64 Å². The lowest BCUT2D eigenvalue weighted by atomic mass is 10.3. The Bertz CT molecular complexity index is 1090. The van der Waals surface area contributed by atoms with Crippen molar-refractivity contribution in [3.8, 4) is 5.88 Å². The van der Waals surface area contributed by atoms with Gasteiger partial charge in [0.1, 0.15) is 0 Å². The monoisotopic (exact) mass is 348 g/mol. The van der Waals surface area contributed by atoms with E-state index in [-0.39, 0.29) is 11.7 Å². The van der Waals surface area contributed by atoms with Gasteiger partial charge in [-0.05, 0) is 24.3 Å². The number of benzene rings is 1. The molecule has 4 rings (SSSR count). The van der Waals surface area contributed by atoms with Gasteiger partial charge in [-0.25, -0.2) is 9.50 Å². The molecule has 8 heteroatoms. The smallest absolute Gasteiger partial charge is 0.293 e. The van der Waals surface area contributed by atoms with E-state index in [4.69, 9.17) is 4.74 Å². The van der Waals surface area contributed by atoms with Crippen LogP contribution in [0.3, 0.4) is 0 Å². The average Bonchev–Trinajstić information content (AvgIpc) is 3.13. The summed E-state index contributed by atoms with van der Waals surface area (Å²) >= 11 is 0. The van der Waals surface area contributed by atoms with Crippen molar-refractivity contribution < 1.29 is 9.53 Å². The summed E-state index contributed by atoms with van der Waals surface area (Å²) in [6, 6.07) is 13.1. The van der Waals surface area contributed by atoms with Crippen molar-refractivity contribution >= 4 is 22.6 Å². The number of hydrogen-bond acceptors (Lipinski definition) is 6. The van der Waals surface area contributed by atoms with Crippen LogP contribution in [0.5, 0.6) is 5.88 Å². The fourth-order valence-corrected chi connectivity index (χ4v) is 2.72. The van der Waals surface area contributed by atoms with Crippen molar-refractivity contribution in [2.24, 2.45) is 0 Å². The van der Waals surface area contributed by atoms with E-state index in [0.717, 1.165) is 11.2 Å². The van der Waals surface area contributed by atoms with Crippen molar-refractivity contribution in [3.05, 3.63) is 60.2 Å². The van der Waals surface area contributed by atoms with Gasteiger partial charge in [0, 0.05) is 13.2 Å². The second-order valence-corrected chi connectivity index (χ2v) is 5.76. The number of para-hydroxylation sites is 2. The molecule has 0 N–H and O–H groups in total. The summed E-state index contributed by atoms with van der Waals surface area (Å²) in [6.07, 6.45) is 1.69. The molecular weight excluding hydrogens is 332 g/mol. The van der Waals surface area contributed by atoms with E-state index < -0.39 is 0 Å². The molecule has 0 aliphatic rings. The summed E-state index contributed by atoms with van der Waals surface area (Å²) in [7, 11) is 3.21. The van der Waals surface area contributed by atoms with Crippen LogP contribution in [0.2, 0.25) is 0 Å². The highest BCUT2D eigenvalue weighted by molar-refractivity contribution is 5.91. The summed E-state index contributed by atoms with van der Waals surface area (Å²) in [4.78, 5) is 27.3. The zero-order chi connectivity index (χ0) is 18.1. The molecule has 1 aromatic carbocycles. The number of pyridine rings is 1. The minimum Gasteiger partial charge on any atom is -0.478 e. The number of amides is 1. The Balaban J connectivity index is 1.74. The van der Waals surface area contributed by atoms with Crippen LogP contribution in [0.1, 0.15) is 16.3 Å². The Morgan fingerprint density at radius 3 is 2.73 bits per heavy atom. The van der Waals surface area contributed by atoms with Gasteiger partial charge in [-0.15, -0.1) is 5.10 Å². The van der Waals surface area contributed by atoms with Crippen LogP contribution in [-0.2, 0) is 6.54 Å². The molecule has 0 spiro atoms. The van der Waals surface area contributed by atoms with E-state index in [9.17, 15) is 4.79 Å². The van der Waals surface area contributed by atoms with Gasteiger partial charge in [0.05, 0.1) is 30.4 Å². The molecule has 0 unspecified atom stereocenters. The minimum absolute atomic E-state index is 0.0832. The Kier molecular flexibility index (Phi) is 3.92. The molecule has 3 aromatic heterocycles. The summed E-state index contributed by atoms with van der Waals surface area (Å²) in [6.45, 7) is 0.366. The van der Waals surface area contributed by atoms with Crippen LogP contribution >= 0.6 is 0 Å². The van der Waals surface area contributed by atoms with Crippen LogP contribution in [0.4, 0.5) is 0 Å². The highest BCUT2D eigenvalue weighted by atomic mass is 16.5. The fraction of sp³-hybridized carbons (Fsp3) is 0.167. The first-order valence-corrected chi connectivity index (χ1v) is 8.02.